The molecule has 6 nitrogen and oxygen atoms in total. The topological polar surface area (TPSA) is 71.3 Å². The highest BCUT2D eigenvalue weighted by Gasteiger charge is 2.26. The first-order chi connectivity index (χ1) is 14.1. The molecule has 0 saturated carbocycles. The van der Waals surface area contributed by atoms with Gasteiger partial charge >= 0.3 is 0 Å². The van der Waals surface area contributed by atoms with Crippen molar-refractivity contribution < 1.29 is 13.7 Å². The Labute approximate surface area is 168 Å². The summed E-state index contributed by atoms with van der Waals surface area (Å²) in [6, 6.07) is 13.8. The molecule has 0 unspecified atom stereocenters. The van der Waals surface area contributed by atoms with E-state index in [0.29, 0.717) is 23.9 Å². The van der Waals surface area contributed by atoms with E-state index in [1.165, 1.54) is 12.1 Å². The fourth-order valence-electron chi connectivity index (χ4n) is 3.54. The number of nitrogens with zero attached hydrogens (tertiary/aromatic N) is 3. The Balaban J connectivity index is 1.29. The highest BCUT2D eigenvalue weighted by atomic mass is 19.1. The lowest BCUT2D eigenvalue weighted by molar-refractivity contribution is -0.121. The first-order valence-electron chi connectivity index (χ1n) is 9.75. The molecule has 0 aliphatic carbocycles. The van der Waals surface area contributed by atoms with E-state index in [1.807, 2.05) is 31.2 Å². The molecule has 2 heterocycles. The Morgan fingerprint density at radius 3 is 2.69 bits per heavy atom. The zero-order valence-corrected chi connectivity index (χ0v) is 16.3. The second kappa shape index (κ2) is 8.53. The molecule has 0 spiro atoms. The van der Waals surface area contributed by atoms with E-state index in [9.17, 15) is 9.18 Å². The van der Waals surface area contributed by atoms with Gasteiger partial charge in [-0.3, -0.25) is 9.69 Å². The van der Waals surface area contributed by atoms with Crippen LogP contribution in [0.1, 0.15) is 24.3 Å². The second-order valence-corrected chi connectivity index (χ2v) is 7.43. The number of carbonyl (C=O) groups is 1. The fourth-order valence-corrected chi connectivity index (χ4v) is 3.54. The van der Waals surface area contributed by atoms with Crippen LogP contribution in [-0.2, 0) is 11.3 Å². The third-order valence-corrected chi connectivity index (χ3v) is 5.17. The Hall–Kier alpha value is -3.06. The summed E-state index contributed by atoms with van der Waals surface area (Å²) in [5.74, 6) is 0.786. The molecule has 1 aromatic heterocycles. The van der Waals surface area contributed by atoms with Crippen LogP contribution in [0.3, 0.4) is 0 Å². The molecule has 1 N–H and O–H groups in total. The molecular weight excluding hydrogens is 371 g/mol. The van der Waals surface area contributed by atoms with E-state index in [0.717, 1.165) is 37.1 Å². The number of anilines is 1. The van der Waals surface area contributed by atoms with Gasteiger partial charge in [0.15, 0.2) is 0 Å². The van der Waals surface area contributed by atoms with Gasteiger partial charge in [-0.15, -0.1) is 0 Å². The Bertz CT molecular complexity index is 978. The predicted molar refractivity (Wildman–Crippen MR) is 108 cm³/mol. The van der Waals surface area contributed by atoms with Crippen LogP contribution in [0.5, 0.6) is 0 Å². The smallest absolute Gasteiger partial charge is 0.241 e. The highest BCUT2D eigenvalue weighted by Crippen LogP contribution is 2.22. The van der Waals surface area contributed by atoms with Gasteiger partial charge in [0, 0.05) is 17.2 Å². The van der Waals surface area contributed by atoms with Crippen molar-refractivity contribution in [2.75, 3.05) is 18.4 Å². The summed E-state index contributed by atoms with van der Waals surface area (Å²) < 4.78 is 18.4. The SMILES string of the molecule is Cc1cccc(-c2noc(CN3CCC(C(=O)Nc4ccc(F)cc4)CC3)n2)c1. The molecule has 0 atom stereocenters. The molecule has 2 aromatic carbocycles. The first-order valence-corrected chi connectivity index (χ1v) is 9.75. The van der Waals surface area contributed by atoms with Crippen molar-refractivity contribution in [1.82, 2.24) is 15.0 Å². The van der Waals surface area contributed by atoms with Gasteiger partial charge in [0.1, 0.15) is 5.82 Å². The molecule has 4 rings (SSSR count). The number of amides is 1. The summed E-state index contributed by atoms with van der Waals surface area (Å²) in [6.45, 7) is 4.17. The maximum Gasteiger partial charge on any atom is 0.241 e. The lowest BCUT2D eigenvalue weighted by atomic mass is 9.96. The number of carbonyl (C=O) groups excluding carboxylic acids is 1. The van der Waals surface area contributed by atoms with Gasteiger partial charge < -0.3 is 9.84 Å². The van der Waals surface area contributed by atoms with E-state index >= 15 is 0 Å². The molecule has 1 amide bonds. The molecule has 29 heavy (non-hydrogen) atoms. The van der Waals surface area contributed by atoms with Gasteiger partial charge in [0.2, 0.25) is 17.6 Å². The third kappa shape index (κ3) is 4.86. The van der Waals surface area contributed by atoms with Crippen molar-refractivity contribution in [2.24, 2.45) is 5.92 Å². The van der Waals surface area contributed by atoms with Crippen molar-refractivity contribution in [2.45, 2.75) is 26.3 Å². The molecule has 150 valence electrons. The average Bonchev–Trinajstić information content (AvgIpc) is 3.19. The molecule has 1 fully saturated rings. The Morgan fingerprint density at radius 1 is 1.21 bits per heavy atom. The molecule has 0 radical (unpaired) electrons. The molecule has 1 saturated heterocycles. The maximum absolute atomic E-state index is 13.0. The van der Waals surface area contributed by atoms with Gasteiger partial charge in [-0.25, -0.2) is 4.39 Å². The lowest BCUT2D eigenvalue weighted by Crippen LogP contribution is -2.37. The van der Waals surface area contributed by atoms with Crippen molar-refractivity contribution in [1.29, 1.82) is 0 Å². The number of rotatable bonds is 5. The van der Waals surface area contributed by atoms with Gasteiger partial charge in [-0.05, 0) is 63.2 Å². The lowest BCUT2D eigenvalue weighted by Gasteiger charge is -2.30. The number of nitrogens with one attached hydrogen (secondary N) is 1. The van der Waals surface area contributed by atoms with Crippen molar-refractivity contribution in [3.8, 4) is 11.4 Å². The Kier molecular flexibility index (Phi) is 5.67. The minimum Gasteiger partial charge on any atom is -0.338 e. The summed E-state index contributed by atoms with van der Waals surface area (Å²) in [5.41, 5.74) is 2.71. The predicted octanol–water partition coefficient (Wildman–Crippen LogP) is 4.03. The zero-order valence-electron chi connectivity index (χ0n) is 16.3. The van der Waals surface area contributed by atoms with Gasteiger partial charge in [0.05, 0.1) is 6.54 Å². The zero-order chi connectivity index (χ0) is 20.2. The monoisotopic (exact) mass is 394 g/mol. The molecule has 0 bridgehead atoms. The summed E-state index contributed by atoms with van der Waals surface area (Å²) in [5, 5.41) is 6.95. The van der Waals surface area contributed by atoms with Crippen LogP contribution in [0.2, 0.25) is 0 Å². The Morgan fingerprint density at radius 2 is 1.97 bits per heavy atom. The van der Waals surface area contributed by atoms with Crippen LogP contribution >= 0.6 is 0 Å². The van der Waals surface area contributed by atoms with Crippen LogP contribution in [0, 0.1) is 18.7 Å². The molecule has 1 aliphatic heterocycles. The standard InChI is InChI=1S/C22H23FN4O2/c1-15-3-2-4-17(13-15)21-25-20(29-26-21)14-27-11-9-16(10-12-27)22(28)24-19-7-5-18(23)6-8-19/h2-8,13,16H,9-12,14H2,1H3,(H,24,28). The number of halogens is 1. The van der Waals surface area contributed by atoms with Crippen molar-refractivity contribution in [3.63, 3.8) is 0 Å². The largest absolute Gasteiger partial charge is 0.338 e. The van der Waals surface area contributed by atoms with E-state index < -0.39 is 0 Å². The van der Waals surface area contributed by atoms with E-state index in [4.69, 9.17) is 4.52 Å². The first kappa shape index (κ1) is 19.3. The van der Waals surface area contributed by atoms with Gasteiger partial charge in [0.25, 0.3) is 0 Å². The van der Waals surface area contributed by atoms with Crippen LogP contribution < -0.4 is 5.32 Å². The quantitative estimate of drug-likeness (QED) is 0.707. The third-order valence-electron chi connectivity index (χ3n) is 5.17. The van der Waals surface area contributed by atoms with Gasteiger partial charge in [-0.2, -0.15) is 4.98 Å². The molecule has 3 aromatic rings. The number of piperidine rings is 1. The number of aromatic nitrogens is 2. The fraction of sp³-hybridized carbons (Fsp3) is 0.318. The maximum atomic E-state index is 13.0. The minimum absolute atomic E-state index is 0.0178. The molecule has 1 aliphatic rings. The molecule has 7 heteroatoms. The van der Waals surface area contributed by atoms with Crippen molar-refractivity contribution in [3.05, 3.63) is 65.8 Å². The van der Waals surface area contributed by atoms with Crippen LogP contribution in [0.25, 0.3) is 11.4 Å². The summed E-state index contributed by atoms with van der Waals surface area (Å²) in [6.07, 6.45) is 1.51. The summed E-state index contributed by atoms with van der Waals surface area (Å²) in [4.78, 5) is 19.2. The highest BCUT2D eigenvalue weighted by molar-refractivity contribution is 5.92. The van der Waals surface area contributed by atoms with E-state index in [1.54, 1.807) is 12.1 Å². The normalized spacial score (nSPS) is 15.4. The number of benzene rings is 2. The minimum atomic E-state index is -0.317. The average molecular weight is 394 g/mol. The van der Waals surface area contributed by atoms with Crippen LogP contribution in [0.4, 0.5) is 10.1 Å². The van der Waals surface area contributed by atoms with Gasteiger partial charge in [-0.1, -0.05) is 28.9 Å². The van der Waals surface area contributed by atoms with Crippen LogP contribution in [-0.4, -0.2) is 34.0 Å². The van der Waals surface area contributed by atoms with E-state index in [-0.39, 0.29) is 17.6 Å². The van der Waals surface area contributed by atoms with Crippen molar-refractivity contribution >= 4 is 11.6 Å². The second-order valence-electron chi connectivity index (χ2n) is 7.43. The molecular formula is C22H23FN4O2. The number of hydrogen-bond acceptors (Lipinski definition) is 5. The summed E-state index contributed by atoms with van der Waals surface area (Å²) in [7, 11) is 0. The van der Waals surface area contributed by atoms with E-state index in [2.05, 4.69) is 20.4 Å². The summed E-state index contributed by atoms with van der Waals surface area (Å²) >= 11 is 0. The number of aryl methyl sites for hydroxylation is 1. The van der Waals surface area contributed by atoms with Crippen LogP contribution in [0.15, 0.2) is 53.1 Å². The number of hydrogen-bond donors (Lipinski definition) is 1. The number of likely N-dealkylation sites (tertiary alicyclic amines) is 1.